The summed E-state index contributed by atoms with van der Waals surface area (Å²) in [5.74, 6) is 0.467. The summed E-state index contributed by atoms with van der Waals surface area (Å²) in [7, 11) is 0. The monoisotopic (exact) mass is 208 g/mol. The minimum atomic E-state index is -1.46. The molecule has 2 heteroatoms. The number of rotatable bonds is 1. The lowest BCUT2D eigenvalue weighted by atomic mass is 9.82. The summed E-state index contributed by atoms with van der Waals surface area (Å²) in [6.45, 7) is 0. The van der Waals surface area contributed by atoms with E-state index in [4.69, 9.17) is 0 Å². The van der Waals surface area contributed by atoms with E-state index < -0.39 is 6.08 Å². The number of hydrogen-bond donors (Lipinski definition) is 0. The molecule has 1 aliphatic rings. The third-order valence-corrected chi connectivity index (χ3v) is 3.13. The topological polar surface area (TPSA) is 0 Å². The van der Waals surface area contributed by atoms with E-state index in [1.807, 2.05) is 18.2 Å². The number of benzene rings is 1. The minimum Gasteiger partial charge on any atom is -0.173 e. The lowest BCUT2D eigenvalue weighted by molar-refractivity contribution is 0.385. The van der Waals surface area contributed by atoms with Gasteiger partial charge in [-0.2, -0.15) is 8.78 Å². The van der Waals surface area contributed by atoms with E-state index >= 15 is 0 Å². The van der Waals surface area contributed by atoms with Crippen LogP contribution in [0.15, 0.2) is 42.0 Å². The van der Waals surface area contributed by atoms with E-state index in [9.17, 15) is 8.78 Å². The van der Waals surface area contributed by atoms with Gasteiger partial charge in [0.2, 0.25) is 0 Å². The Labute approximate surface area is 88.6 Å². The van der Waals surface area contributed by atoms with E-state index in [0.29, 0.717) is 24.3 Å². The molecule has 0 amide bonds. The quantitative estimate of drug-likeness (QED) is 0.637. The maximum absolute atomic E-state index is 12.3. The van der Waals surface area contributed by atoms with Crippen LogP contribution in [-0.4, -0.2) is 0 Å². The average molecular weight is 208 g/mol. The normalized spacial score (nSPS) is 21.5. The first-order valence-electron chi connectivity index (χ1n) is 5.35. The lowest BCUT2D eigenvalue weighted by Gasteiger charge is -2.23. The van der Waals surface area contributed by atoms with Gasteiger partial charge in [0, 0.05) is 0 Å². The number of halogens is 2. The van der Waals surface area contributed by atoms with Gasteiger partial charge in [0.1, 0.15) is 0 Å². The molecule has 1 aromatic carbocycles. The fourth-order valence-corrected chi connectivity index (χ4v) is 2.21. The second-order valence-electron chi connectivity index (χ2n) is 4.05. The van der Waals surface area contributed by atoms with Crippen LogP contribution < -0.4 is 0 Å². The van der Waals surface area contributed by atoms with Gasteiger partial charge in [0.05, 0.1) is 0 Å². The van der Waals surface area contributed by atoms with Crippen LogP contribution in [0.3, 0.4) is 0 Å². The first kappa shape index (κ1) is 10.3. The summed E-state index contributed by atoms with van der Waals surface area (Å²) in [5, 5.41) is 0. The van der Waals surface area contributed by atoms with E-state index in [1.165, 1.54) is 5.56 Å². The first-order valence-corrected chi connectivity index (χ1v) is 5.35. The highest BCUT2D eigenvalue weighted by molar-refractivity contribution is 5.22. The van der Waals surface area contributed by atoms with Crippen molar-refractivity contribution in [3.05, 3.63) is 47.5 Å². The Morgan fingerprint density at radius 2 is 1.60 bits per heavy atom. The molecule has 0 nitrogen and oxygen atoms in total. The zero-order valence-electron chi connectivity index (χ0n) is 8.55. The molecule has 1 fully saturated rings. The van der Waals surface area contributed by atoms with Crippen LogP contribution in [-0.2, 0) is 0 Å². The van der Waals surface area contributed by atoms with Crippen molar-refractivity contribution in [2.24, 2.45) is 0 Å². The van der Waals surface area contributed by atoms with Crippen molar-refractivity contribution in [1.82, 2.24) is 0 Å². The molecular formula is C13H14F2. The molecule has 0 N–H and O–H groups in total. The van der Waals surface area contributed by atoms with Crippen molar-refractivity contribution >= 4 is 0 Å². The highest BCUT2D eigenvalue weighted by Crippen LogP contribution is 2.36. The molecule has 1 saturated carbocycles. The summed E-state index contributed by atoms with van der Waals surface area (Å²) < 4.78 is 24.7. The molecule has 0 heterocycles. The van der Waals surface area contributed by atoms with Gasteiger partial charge in [-0.1, -0.05) is 30.3 Å². The zero-order chi connectivity index (χ0) is 10.7. The zero-order valence-corrected chi connectivity index (χ0v) is 8.55. The molecule has 0 atom stereocenters. The molecule has 0 radical (unpaired) electrons. The standard InChI is InChI=1S/C13H14F2/c14-13(15)12-8-6-11(7-9-12)10-4-2-1-3-5-10/h1-5,11H,6-9H2. The molecule has 0 aliphatic heterocycles. The van der Waals surface area contributed by atoms with E-state index in [2.05, 4.69) is 12.1 Å². The summed E-state index contributed by atoms with van der Waals surface area (Å²) in [5.41, 5.74) is 1.65. The maximum atomic E-state index is 12.3. The molecule has 1 aliphatic carbocycles. The van der Waals surface area contributed by atoms with Crippen molar-refractivity contribution in [3.63, 3.8) is 0 Å². The van der Waals surface area contributed by atoms with E-state index in [0.717, 1.165) is 12.8 Å². The smallest absolute Gasteiger partial charge is 0.173 e. The number of allylic oxidation sites excluding steroid dienone is 1. The molecule has 2 rings (SSSR count). The van der Waals surface area contributed by atoms with E-state index in [1.54, 1.807) is 0 Å². The van der Waals surface area contributed by atoms with Crippen LogP contribution >= 0.6 is 0 Å². The Bertz CT molecular complexity index is 340. The Morgan fingerprint density at radius 1 is 1.00 bits per heavy atom. The van der Waals surface area contributed by atoms with Crippen molar-refractivity contribution in [2.75, 3.05) is 0 Å². The summed E-state index contributed by atoms with van der Waals surface area (Å²) in [6, 6.07) is 10.2. The van der Waals surface area contributed by atoms with Crippen molar-refractivity contribution in [1.29, 1.82) is 0 Å². The Kier molecular flexibility index (Phi) is 3.14. The minimum absolute atomic E-state index is 0.363. The maximum Gasteiger partial charge on any atom is 0.269 e. The molecule has 0 spiro atoms. The molecule has 0 aromatic heterocycles. The third kappa shape index (κ3) is 2.44. The van der Waals surface area contributed by atoms with Gasteiger partial charge in [-0.25, -0.2) is 0 Å². The molecule has 0 bridgehead atoms. The van der Waals surface area contributed by atoms with Crippen molar-refractivity contribution in [3.8, 4) is 0 Å². The average Bonchev–Trinajstić information content (AvgIpc) is 2.30. The SMILES string of the molecule is FC(F)=C1CCC(c2ccccc2)CC1. The number of hydrogen-bond acceptors (Lipinski definition) is 0. The van der Waals surface area contributed by atoms with Crippen LogP contribution in [0.2, 0.25) is 0 Å². The molecule has 15 heavy (non-hydrogen) atoms. The largest absolute Gasteiger partial charge is 0.269 e. The molecule has 80 valence electrons. The van der Waals surface area contributed by atoms with Gasteiger partial charge >= 0.3 is 0 Å². The van der Waals surface area contributed by atoms with Crippen LogP contribution in [0.5, 0.6) is 0 Å². The fourth-order valence-electron chi connectivity index (χ4n) is 2.21. The van der Waals surface area contributed by atoms with Crippen LogP contribution in [0, 0.1) is 0 Å². The van der Waals surface area contributed by atoms with Gasteiger partial charge in [0.25, 0.3) is 6.08 Å². The molecular weight excluding hydrogens is 194 g/mol. The Morgan fingerprint density at radius 3 is 2.13 bits per heavy atom. The van der Waals surface area contributed by atoms with Crippen LogP contribution in [0.4, 0.5) is 8.78 Å². The highest BCUT2D eigenvalue weighted by Gasteiger charge is 2.20. The van der Waals surface area contributed by atoms with Crippen LogP contribution in [0.1, 0.15) is 37.2 Å². The highest BCUT2D eigenvalue weighted by atomic mass is 19.3. The first-order chi connectivity index (χ1) is 7.27. The van der Waals surface area contributed by atoms with Gasteiger partial charge in [0.15, 0.2) is 0 Å². The fraction of sp³-hybridized carbons (Fsp3) is 0.385. The molecule has 1 aromatic rings. The van der Waals surface area contributed by atoms with E-state index in [-0.39, 0.29) is 0 Å². The van der Waals surface area contributed by atoms with Crippen LogP contribution in [0.25, 0.3) is 0 Å². The second-order valence-corrected chi connectivity index (χ2v) is 4.05. The summed E-state index contributed by atoms with van der Waals surface area (Å²) in [4.78, 5) is 0. The van der Waals surface area contributed by atoms with Gasteiger partial charge < -0.3 is 0 Å². The van der Waals surface area contributed by atoms with Crippen molar-refractivity contribution < 1.29 is 8.78 Å². The van der Waals surface area contributed by atoms with Gasteiger partial charge in [-0.15, -0.1) is 0 Å². The predicted molar refractivity (Wildman–Crippen MR) is 56.9 cm³/mol. The third-order valence-electron chi connectivity index (χ3n) is 3.13. The second kappa shape index (κ2) is 4.56. The summed E-state index contributed by atoms with van der Waals surface area (Å²) >= 11 is 0. The van der Waals surface area contributed by atoms with Crippen molar-refractivity contribution in [2.45, 2.75) is 31.6 Å². The summed E-state index contributed by atoms with van der Waals surface area (Å²) in [6.07, 6.45) is 1.37. The van der Waals surface area contributed by atoms with Gasteiger partial charge in [-0.05, 0) is 42.7 Å². The molecule has 0 saturated heterocycles. The Balaban J connectivity index is 2.03. The lowest BCUT2D eigenvalue weighted by Crippen LogP contribution is -2.06. The molecule has 0 unspecified atom stereocenters. The predicted octanol–water partition coefficient (Wildman–Crippen LogP) is 4.49. The van der Waals surface area contributed by atoms with Gasteiger partial charge in [-0.3, -0.25) is 0 Å². The Hall–Kier alpha value is -1.18.